The van der Waals surface area contributed by atoms with Gasteiger partial charge in [0, 0.05) is 23.6 Å². The molecule has 0 saturated heterocycles. The number of rotatable bonds is 2. The molecule has 0 bridgehead atoms. The summed E-state index contributed by atoms with van der Waals surface area (Å²) in [4.78, 5) is 10.9. The molecule has 1 aromatic heterocycles. The summed E-state index contributed by atoms with van der Waals surface area (Å²) in [6.07, 6.45) is 4.22. The molecule has 1 aliphatic rings. The minimum absolute atomic E-state index is 0.154. The Bertz CT molecular complexity index is 637. The molecule has 18 heavy (non-hydrogen) atoms. The molecule has 1 heterocycles. The number of nitrogens with two attached hydrogens (primary N) is 1. The number of aromatic hydroxyl groups is 1. The van der Waals surface area contributed by atoms with Gasteiger partial charge in [-0.15, -0.1) is 0 Å². The van der Waals surface area contributed by atoms with Crippen molar-refractivity contribution in [3.05, 3.63) is 27.4 Å². The molecule has 0 aliphatic heterocycles. The Balaban J connectivity index is 2.21. The van der Waals surface area contributed by atoms with Gasteiger partial charge in [-0.25, -0.2) is 4.79 Å². The van der Waals surface area contributed by atoms with Crippen LogP contribution in [-0.2, 0) is 5.41 Å². The van der Waals surface area contributed by atoms with Crippen LogP contribution in [0.5, 0.6) is 5.75 Å². The van der Waals surface area contributed by atoms with Crippen molar-refractivity contribution in [1.29, 1.82) is 0 Å². The van der Waals surface area contributed by atoms with E-state index in [9.17, 15) is 9.90 Å². The number of phenolic OH excluding ortho intramolecular Hbond substituents is 1. The van der Waals surface area contributed by atoms with Crippen LogP contribution >= 0.6 is 11.3 Å². The standard InChI is InChI=1S/C13H15NO3S/c14-7-13(3-1-2-4-13)8-5-10-11(6-9(8)15)18-12(16)17-10/h5-6,15H,1-4,7,14H2. The molecule has 0 unspecified atom stereocenters. The third kappa shape index (κ3) is 1.66. The molecule has 1 fully saturated rings. The highest BCUT2D eigenvalue weighted by atomic mass is 32.1. The molecule has 1 aromatic carbocycles. The molecular weight excluding hydrogens is 250 g/mol. The lowest BCUT2D eigenvalue weighted by molar-refractivity contribution is 0.406. The molecule has 1 saturated carbocycles. The number of hydrogen-bond donors (Lipinski definition) is 2. The third-order valence-electron chi connectivity index (χ3n) is 3.97. The fourth-order valence-electron chi connectivity index (χ4n) is 2.97. The van der Waals surface area contributed by atoms with Crippen molar-refractivity contribution in [2.45, 2.75) is 31.1 Å². The molecule has 5 heteroatoms. The molecular formula is C13H15NO3S. The van der Waals surface area contributed by atoms with Crippen LogP contribution in [0, 0.1) is 0 Å². The summed E-state index contributed by atoms with van der Waals surface area (Å²) in [6.45, 7) is 0.514. The van der Waals surface area contributed by atoms with E-state index in [0.717, 1.165) is 42.6 Å². The van der Waals surface area contributed by atoms with E-state index < -0.39 is 0 Å². The first kappa shape index (κ1) is 11.7. The molecule has 0 spiro atoms. The monoisotopic (exact) mass is 265 g/mol. The lowest BCUT2D eigenvalue weighted by atomic mass is 9.78. The molecule has 0 amide bonds. The Morgan fingerprint density at radius 2 is 2.11 bits per heavy atom. The molecule has 4 nitrogen and oxygen atoms in total. The molecule has 96 valence electrons. The van der Waals surface area contributed by atoms with E-state index in [0.29, 0.717) is 16.8 Å². The number of fused-ring (bicyclic) bond motifs is 1. The van der Waals surface area contributed by atoms with Crippen LogP contribution in [0.4, 0.5) is 0 Å². The minimum atomic E-state index is -0.338. The average Bonchev–Trinajstić information content (AvgIpc) is 2.93. The predicted molar refractivity (Wildman–Crippen MR) is 71.2 cm³/mol. The number of phenols is 1. The first-order valence-electron chi connectivity index (χ1n) is 6.12. The Labute approximate surface area is 108 Å². The Hall–Kier alpha value is -1.33. The van der Waals surface area contributed by atoms with Gasteiger partial charge in [-0.1, -0.05) is 24.2 Å². The van der Waals surface area contributed by atoms with E-state index in [1.807, 2.05) is 0 Å². The normalized spacial score (nSPS) is 18.5. The Kier molecular flexibility index (Phi) is 2.68. The molecule has 2 aromatic rings. The van der Waals surface area contributed by atoms with Gasteiger partial charge >= 0.3 is 4.94 Å². The van der Waals surface area contributed by atoms with Gasteiger partial charge in [0.2, 0.25) is 0 Å². The zero-order valence-electron chi connectivity index (χ0n) is 9.94. The van der Waals surface area contributed by atoms with Crippen LogP contribution < -0.4 is 10.7 Å². The maximum atomic E-state index is 11.2. The van der Waals surface area contributed by atoms with Crippen LogP contribution in [0.25, 0.3) is 10.3 Å². The summed E-state index contributed by atoms with van der Waals surface area (Å²) in [6, 6.07) is 3.41. The van der Waals surface area contributed by atoms with Gasteiger partial charge < -0.3 is 15.3 Å². The second-order valence-electron chi connectivity index (χ2n) is 4.96. The van der Waals surface area contributed by atoms with Crippen LogP contribution in [0.2, 0.25) is 0 Å². The number of benzene rings is 1. The molecule has 1 aliphatic carbocycles. The highest BCUT2D eigenvalue weighted by Gasteiger charge is 2.36. The van der Waals surface area contributed by atoms with Gasteiger partial charge in [-0.2, -0.15) is 0 Å². The molecule has 3 rings (SSSR count). The van der Waals surface area contributed by atoms with Crippen molar-refractivity contribution >= 4 is 21.6 Å². The van der Waals surface area contributed by atoms with E-state index in [1.165, 1.54) is 0 Å². The first-order chi connectivity index (χ1) is 8.64. The van der Waals surface area contributed by atoms with Crippen LogP contribution in [0.3, 0.4) is 0 Å². The smallest absolute Gasteiger partial charge is 0.396 e. The molecule has 0 radical (unpaired) electrons. The van der Waals surface area contributed by atoms with E-state index in [1.54, 1.807) is 12.1 Å². The van der Waals surface area contributed by atoms with Crippen molar-refractivity contribution in [3.8, 4) is 5.75 Å². The van der Waals surface area contributed by atoms with Crippen molar-refractivity contribution in [2.75, 3.05) is 6.54 Å². The zero-order chi connectivity index (χ0) is 12.8. The minimum Gasteiger partial charge on any atom is -0.508 e. The fourth-order valence-corrected chi connectivity index (χ4v) is 3.65. The third-order valence-corrected chi connectivity index (χ3v) is 4.76. The summed E-state index contributed by atoms with van der Waals surface area (Å²) in [5.74, 6) is 0.229. The van der Waals surface area contributed by atoms with Gasteiger partial charge in [0.25, 0.3) is 0 Å². The lowest BCUT2D eigenvalue weighted by Gasteiger charge is -2.28. The summed E-state index contributed by atoms with van der Waals surface area (Å²) >= 11 is 1.01. The van der Waals surface area contributed by atoms with Crippen molar-refractivity contribution in [1.82, 2.24) is 0 Å². The molecule has 0 atom stereocenters. The van der Waals surface area contributed by atoms with Gasteiger partial charge in [0.15, 0.2) is 0 Å². The van der Waals surface area contributed by atoms with Crippen molar-refractivity contribution in [3.63, 3.8) is 0 Å². The fraction of sp³-hybridized carbons (Fsp3) is 0.462. The second kappa shape index (κ2) is 4.10. The highest BCUT2D eigenvalue weighted by molar-refractivity contribution is 7.16. The van der Waals surface area contributed by atoms with Crippen molar-refractivity contribution in [2.24, 2.45) is 5.73 Å². The summed E-state index contributed by atoms with van der Waals surface area (Å²) in [7, 11) is 0. The average molecular weight is 265 g/mol. The second-order valence-corrected chi connectivity index (χ2v) is 5.94. The predicted octanol–water partition coefficient (Wildman–Crippen LogP) is 2.33. The quantitative estimate of drug-likeness (QED) is 0.873. The van der Waals surface area contributed by atoms with Crippen LogP contribution in [0.1, 0.15) is 31.2 Å². The van der Waals surface area contributed by atoms with Gasteiger partial charge in [-0.05, 0) is 18.9 Å². The van der Waals surface area contributed by atoms with Crippen molar-refractivity contribution < 1.29 is 9.52 Å². The van der Waals surface area contributed by atoms with Crippen LogP contribution in [0.15, 0.2) is 21.3 Å². The van der Waals surface area contributed by atoms with Gasteiger partial charge in [0.1, 0.15) is 11.3 Å². The van der Waals surface area contributed by atoms with Gasteiger partial charge in [-0.3, -0.25) is 0 Å². The summed E-state index contributed by atoms with van der Waals surface area (Å²) in [5, 5.41) is 10.2. The van der Waals surface area contributed by atoms with E-state index in [-0.39, 0.29) is 16.1 Å². The van der Waals surface area contributed by atoms with E-state index in [4.69, 9.17) is 10.2 Å². The lowest BCUT2D eigenvalue weighted by Crippen LogP contribution is -2.32. The summed E-state index contributed by atoms with van der Waals surface area (Å²) < 4.78 is 5.81. The van der Waals surface area contributed by atoms with Gasteiger partial charge in [0.05, 0.1) is 4.70 Å². The largest absolute Gasteiger partial charge is 0.508 e. The Morgan fingerprint density at radius 1 is 1.39 bits per heavy atom. The topological polar surface area (TPSA) is 76.5 Å². The molecule has 3 N–H and O–H groups in total. The maximum Gasteiger partial charge on any atom is 0.396 e. The zero-order valence-corrected chi connectivity index (χ0v) is 10.8. The van der Waals surface area contributed by atoms with E-state index in [2.05, 4.69) is 0 Å². The summed E-state index contributed by atoms with van der Waals surface area (Å²) in [5.41, 5.74) is 7.15. The van der Waals surface area contributed by atoms with E-state index >= 15 is 0 Å². The first-order valence-corrected chi connectivity index (χ1v) is 6.93. The van der Waals surface area contributed by atoms with Crippen LogP contribution in [-0.4, -0.2) is 11.7 Å². The Morgan fingerprint density at radius 3 is 2.78 bits per heavy atom. The SMILES string of the molecule is NCC1(c2cc3oc(=O)sc3cc2O)CCCC1. The number of hydrogen-bond acceptors (Lipinski definition) is 5. The maximum absolute atomic E-state index is 11.2. The highest BCUT2D eigenvalue weighted by Crippen LogP contribution is 2.45.